The Kier molecular flexibility index (Phi) is 4.37. The van der Waals surface area contributed by atoms with Crippen LogP contribution in [0.3, 0.4) is 0 Å². The molecule has 0 saturated heterocycles. The van der Waals surface area contributed by atoms with Crippen LogP contribution in [0.5, 0.6) is 0 Å². The molecular weight excluding hydrogens is 478 g/mol. The van der Waals surface area contributed by atoms with Crippen molar-refractivity contribution in [3.63, 3.8) is 0 Å². The van der Waals surface area contributed by atoms with Gasteiger partial charge in [0.1, 0.15) is 11.6 Å². The number of rotatable bonds is 5. The Morgan fingerprint density at radius 1 is 1.17 bits per heavy atom. The van der Waals surface area contributed by atoms with Gasteiger partial charge in [-0.2, -0.15) is 4.52 Å². The number of anilines is 1. The Bertz CT molecular complexity index is 1420. The molecule has 1 N–H and O–H groups in total. The highest BCUT2D eigenvalue weighted by Crippen LogP contribution is 2.31. The van der Waals surface area contributed by atoms with Gasteiger partial charge in [-0.25, -0.2) is 13.4 Å². The smallest absolute Gasteiger partial charge is 0.229 e. The molecule has 0 saturated carbocycles. The molecule has 0 unspecified atom stereocenters. The number of nitrogens with zero attached hydrogens (tertiary/aromatic N) is 4. The van der Waals surface area contributed by atoms with E-state index >= 15 is 0 Å². The molecule has 11 heteroatoms. The summed E-state index contributed by atoms with van der Waals surface area (Å²) < 4.78 is 34.7. The second kappa shape index (κ2) is 6.94. The monoisotopic (exact) mass is 489 g/mol. The van der Waals surface area contributed by atoms with Crippen molar-refractivity contribution in [2.75, 3.05) is 5.32 Å². The number of nitrogens with one attached hydrogen (secondary N) is 1. The average molecular weight is 490 g/mol. The van der Waals surface area contributed by atoms with E-state index < -0.39 is 9.84 Å². The molecule has 4 heterocycles. The molecule has 29 heavy (non-hydrogen) atoms. The minimum Gasteiger partial charge on any atom is -0.467 e. The van der Waals surface area contributed by atoms with Crippen molar-refractivity contribution in [3.05, 3.63) is 64.3 Å². The minimum atomic E-state index is -3.89. The van der Waals surface area contributed by atoms with Gasteiger partial charge >= 0.3 is 0 Å². The van der Waals surface area contributed by atoms with Crippen molar-refractivity contribution in [2.45, 2.75) is 16.5 Å². The Morgan fingerprint density at radius 3 is 2.76 bits per heavy atom. The molecule has 8 nitrogen and oxygen atoms in total. The van der Waals surface area contributed by atoms with Crippen molar-refractivity contribution in [2.24, 2.45) is 0 Å². The van der Waals surface area contributed by atoms with E-state index in [9.17, 15) is 8.42 Å². The van der Waals surface area contributed by atoms with Gasteiger partial charge in [0, 0.05) is 4.47 Å². The zero-order valence-electron chi connectivity index (χ0n) is 14.6. The highest BCUT2D eigenvalue weighted by atomic mass is 79.9. The minimum absolute atomic E-state index is 0.125. The van der Waals surface area contributed by atoms with Crippen LogP contribution < -0.4 is 5.32 Å². The zero-order valence-corrected chi connectivity index (χ0v) is 17.8. The quantitative estimate of drug-likeness (QED) is 0.395. The predicted molar refractivity (Wildman–Crippen MR) is 112 cm³/mol. The first kappa shape index (κ1) is 18.3. The molecule has 0 atom stereocenters. The molecule has 5 aromatic rings. The number of halogens is 1. The van der Waals surface area contributed by atoms with E-state index in [1.54, 1.807) is 24.5 Å². The predicted octanol–water partition coefficient (Wildman–Crippen LogP) is 4.14. The molecule has 0 amide bonds. The highest BCUT2D eigenvalue weighted by Gasteiger charge is 2.27. The molecule has 4 aromatic heterocycles. The van der Waals surface area contributed by atoms with E-state index in [0.29, 0.717) is 12.4 Å². The standard InChI is InChI=1S/C18H12BrN5O3S2/c19-11-3-5-13(6-4-11)29(25,26)18-17-21-16(20-10-12-2-1-8-27-12)15-14(7-9-28-15)24(17)23-22-18/h1-9H,10H2,(H,20,21). The summed E-state index contributed by atoms with van der Waals surface area (Å²) in [5, 5.41) is 12.9. The van der Waals surface area contributed by atoms with E-state index in [1.165, 1.54) is 28.0 Å². The summed E-state index contributed by atoms with van der Waals surface area (Å²) in [5.41, 5.74) is 0.896. The maximum atomic E-state index is 13.1. The number of sulfone groups is 1. The van der Waals surface area contributed by atoms with Crippen LogP contribution in [0.25, 0.3) is 15.9 Å². The lowest BCUT2D eigenvalue weighted by molar-refractivity contribution is 0.518. The van der Waals surface area contributed by atoms with Crippen LogP contribution in [0.2, 0.25) is 0 Å². The fraction of sp³-hybridized carbons (Fsp3) is 0.0556. The van der Waals surface area contributed by atoms with Crippen molar-refractivity contribution in [1.82, 2.24) is 19.8 Å². The van der Waals surface area contributed by atoms with E-state index in [-0.39, 0.29) is 15.6 Å². The molecule has 0 aliphatic rings. The highest BCUT2D eigenvalue weighted by molar-refractivity contribution is 9.10. The van der Waals surface area contributed by atoms with Crippen molar-refractivity contribution in [1.29, 1.82) is 0 Å². The third-order valence-corrected chi connectivity index (χ3v) is 7.42. The zero-order chi connectivity index (χ0) is 20.0. The van der Waals surface area contributed by atoms with Gasteiger partial charge in [-0.1, -0.05) is 21.1 Å². The fourth-order valence-electron chi connectivity index (χ4n) is 2.93. The van der Waals surface area contributed by atoms with Crippen LogP contribution in [0.1, 0.15) is 5.76 Å². The third kappa shape index (κ3) is 3.11. The summed E-state index contributed by atoms with van der Waals surface area (Å²) in [6, 6.07) is 11.9. The van der Waals surface area contributed by atoms with Gasteiger partial charge in [-0.05, 0) is 47.8 Å². The maximum Gasteiger partial charge on any atom is 0.229 e. The van der Waals surface area contributed by atoms with Crippen LogP contribution in [-0.4, -0.2) is 28.2 Å². The number of hydrogen-bond acceptors (Lipinski definition) is 8. The number of furan rings is 1. The summed E-state index contributed by atoms with van der Waals surface area (Å²) in [7, 11) is -3.89. The molecule has 146 valence electrons. The van der Waals surface area contributed by atoms with Gasteiger partial charge in [-0.15, -0.1) is 16.4 Å². The number of benzene rings is 1. The second-order valence-electron chi connectivity index (χ2n) is 6.12. The van der Waals surface area contributed by atoms with E-state index in [2.05, 4.69) is 36.5 Å². The van der Waals surface area contributed by atoms with Crippen molar-refractivity contribution >= 4 is 58.8 Å². The lowest BCUT2D eigenvalue weighted by atomic mass is 10.4. The Labute approximate surface area is 177 Å². The molecule has 0 spiro atoms. The molecule has 0 fully saturated rings. The molecule has 5 rings (SSSR count). The molecule has 0 radical (unpaired) electrons. The summed E-state index contributed by atoms with van der Waals surface area (Å²) in [6.45, 7) is 0.416. The summed E-state index contributed by atoms with van der Waals surface area (Å²) in [6.07, 6.45) is 1.60. The number of fused-ring (bicyclic) bond motifs is 3. The average Bonchev–Trinajstić information content (AvgIpc) is 3.45. The lowest BCUT2D eigenvalue weighted by Gasteiger charge is -2.07. The lowest BCUT2D eigenvalue weighted by Crippen LogP contribution is -2.06. The van der Waals surface area contributed by atoms with Gasteiger partial charge in [0.25, 0.3) is 0 Å². The Balaban J connectivity index is 1.66. The van der Waals surface area contributed by atoms with Gasteiger partial charge in [-0.3, -0.25) is 0 Å². The van der Waals surface area contributed by atoms with Gasteiger partial charge in [0.15, 0.2) is 5.65 Å². The maximum absolute atomic E-state index is 13.1. The Morgan fingerprint density at radius 2 is 2.00 bits per heavy atom. The van der Waals surface area contributed by atoms with Gasteiger partial charge < -0.3 is 9.73 Å². The molecule has 0 aliphatic carbocycles. The van der Waals surface area contributed by atoms with Crippen LogP contribution in [0.4, 0.5) is 5.82 Å². The van der Waals surface area contributed by atoms with Crippen molar-refractivity contribution < 1.29 is 12.8 Å². The topological polar surface area (TPSA) is 102 Å². The summed E-state index contributed by atoms with van der Waals surface area (Å²) >= 11 is 4.79. The first-order valence-electron chi connectivity index (χ1n) is 8.43. The van der Waals surface area contributed by atoms with E-state index in [1.807, 2.05) is 17.5 Å². The fourth-order valence-corrected chi connectivity index (χ4v) is 5.26. The summed E-state index contributed by atoms with van der Waals surface area (Å²) in [4.78, 5) is 4.68. The van der Waals surface area contributed by atoms with Crippen LogP contribution in [-0.2, 0) is 16.4 Å². The number of hydrogen-bond donors (Lipinski definition) is 1. The largest absolute Gasteiger partial charge is 0.467 e. The molecule has 0 bridgehead atoms. The van der Waals surface area contributed by atoms with Crippen LogP contribution in [0.15, 0.2) is 72.9 Å². The van der Waals surface area contributed by atoms with Gasteiger partial charge in [0.2, 0.25) is 14.9 Å². The van der Waals surface area contributed by atoms with E-state index in [4.69, 9.17) is 4.42 Å². The van der Waals surface area contributed by atoms with E-state index in [0.717, 1.165) is 20.4 Å². The normalized spacial score (nSPS) is 12.0. The van der Waals surface area contributed by atoms with Crippen LogP contribution in [0, 0.1) is 0 Å². The first-order valence-corrected chi connectivity index (χ1v) is 11.6. The Hall–Kier alpha value is -2.76. The second-order valence-corrected chi connectivity index (χ2v) is 9.81. The molecule has 0 aliphatic heterocycles. The molecular formula is C18H12BrN5O3S2. The number of thiophene rings is 1. The van der Waals surface area contributed by atoms with Crippen molar-refractivity contribution in [3.8, 4) is 0 Å². The van der Waals surface area contributed by atoms with Crippen LogP contribution >= 0.6 is 27.3 Å². The first-order chi connectivity index (χ1) is 14.0. The third-order valence-electron chi connectivity index (χ3n) is 4.31. The molecule has 1 aromatic carbocycles. The SMILES string of the molecule is O=S(=O)(c1ccc(Br)cc1)c1nnn2c1nc(NCc1ccco1)c1sccc12. The number of aromatic nitrogens is 4. The summed E-state index contributed by atoms with van der Waals surface area (Å²) in [5.74, 6) is 1.29. The van der Waals surface area contributed by atoms with Gasteiger partial charge in [0.05, 0.1) is 27.9 Å².